The lowest BCUT2D eigenvalue weighted by molar-refractivity contribution is -0.140. The number of benzene rings is 3. The van der Waals surface area contributed by atoms with Crippen LogP contribution in [0, 0.1) is 13.8 Å². The van der Waals surface area contributed by atoms with Crippen molar-refractivity contribution in [3.63, 3.8) is 0 Å². The topological polar surface area (TPSA) is 86.8 Å². The molecular weight excluding hydrogens is 534 g/mol. The lowest BCUT2D eigenvalue weighted by Crippen LogP contribution is -2.52. The first kappa shape index (κ1) is 30.2. The third-order valence-electron chi connectivity index (χ3n) is 6.35. The quantitative estimate of drug-likeness (QED) is 0.313. The average molecular weight is 570 g/mol. The number of hydrogen-bond donors (Lipinski definition) is 1. The Morgan fingerprint density at radius 1 is 0.923 bits per heavy atom. The van der Waals surface area contributed by atoms with Crippen LogP contribution in [-0.2, 0) is 26.2 Å². The summed E-state index contributed by atoms with van der Waals surface area (Å²) in [5.41, 5.74) is 3.04. The molecule has 0 aliphatic heterocycles. The molecule has 3 aromatic rings. The summed E-state index contributed by atoms with van der Waals surface area (Å²) >= 11 is 6.22. The van der Waals surface area contributed by atoms with E-state index in [1.807, 2.05) is 52.0 Å². The number of carbonyl (C=O) groups is 2. The van der Waals surface area contributed by atoms with E-state index in [0.717, 1.165) is 27.4 Å². The number of anilines is 1. The Morgan fingerprint density at radius 3 is 2.23 bits per heavy atom. The first-order valence-electron chi connectivity index (χ1n) is 13.0. The number of amides is 2. The molecule has 7 nitrogen and oxygen atoms in total. The second kappa shape index (κ2) is 13.6. The number of carbonyl (C=O) groups excluding carboxylic acids is 2. The minimum Gasteiger partial charge on any atom is -0.354 e. The van der Waals surface area contributed by atoms with E-state index in [-0.39, 0.29) is 23.0 Å². The molecule has 0 radical (unpaired) electrons. The lowest BCUT2D eigenvalue weighted by Gasteiger charge is -2.33. The Morgan fingerprint density at radius 2 is 1.62 bits per heavy atom. The maximum atomic E-state index is 14.0. The Kier molecular flexibility index (Phi) is 10.5. The first-order chi connectivity index (χ1) is 18.6. The third-order valence-corrected chi connectivity index (χ3v) is 8.38. The highest BCUT2D eigenvalue weighted by atomic mass is 35.5. The molecule has 3 rings (SSSR count). The van der Waals surface area contributed by atoms with E-state index >= 15 is 0 Å². The molecule has 9 heteroatoms. The highest BCUT2D eigenvalue weighted by Gasteiger charge is 2.33. The molecule has 0 saturated carbocycles. The summed E-state index contributed by atoms with van der Waals surface area (Å²) in [7, 11) is -4.14. The summed E-state index contributed by atoms with van der Waals surface area (Å²) in [5.74, 6) is -0.762. The van der Waals surface area contributed by atoms with Crippen molar-refractivity contribution in [1.82, 2.24) is 10.2 Å². The van der Waals surface area contributed by atoms with Crippen LogP contribution < -0.4 is 9.62 Å². The van der Waals surface area contributed by atoms with Crippen molar-refractivity contribution in [2.24, 2.45) is 0 Å². The fourth-order valence-corrected chi connectivity index (χ4v) is 5.88. The molecule has 39 heavy (non-hydrogen) atoms. The number of sulfonamides is 1. The Balaban J connectivity index is 2.05. The number of nitrogens with zero attached hydrogens (tertiary/aromatic N) is 2. The van der Waals surface area contributed by atoms with Crippen LogP contribution in [0.25, 0.3) is 0 Å². The average Bonchev–Trinajstić information content (AvgIpc) is 2.90. The molecule has 1 N–H and O–H groups in total. The molecule has 0 aromatic heterocycles. The van der Waals surface area contributed by atoms with Crippen molar-refractivity contribution in [3.8, 4) is 0 Å². The van der Waals surface area contributed by atoms with Gasteiger partial charge in [0.1, 0.15) is 12.6 Å². The number of aryl methyl sites for hydroxylation is 2. The molecule has 0 fully saturated rings. The molecule has 0 aliphatic carbocycles. The van der Waals surface area contributed by atoms with Crippen molar-refractivity contribution in [3.05, 3.63) is 94.5 Å². The molecular formula is C30H36ClN3O4S. The summed E-state index contributed by atoms with van der Waals surface area (Å²) < 4.78 is 28.8. The monoisotopic (exact) mass is 569 g/mol. The molecule has 0 bridgehead atoms. The summed E-state index contributed by atoms with van der Waals surface area (Å²) in [6.45, 7) is 7.76. The van der Waals surface area contributed by atoms with E-state index in [0.29, 0.717) is 18.0 Å². The SMILES string of the molecule is CCCNC(=O)[C@@H](CC)N(Cc1cccc(C)c1)C(=O)CN(c1cccc(Cl)c1)S(=O)(=O)c1ccc(C)cc1. The maximum absolute atomic E-state index is 14.0. The van der Waals surface area contributed by atoms with Gasteiger partial charge in [-0.1, -0.05) is 79.0 Å². The van der Waals surface area contributed by atoms with Gasteiger partial charge in [0.2, 0.25) is 11.8 Å². The molecule has 1 atom stereocenters. The van der Waals surface area contributed by atoms with Gasteiger partial charge in [-0.15, -0.1) is 0 Å². The van der Waals surface area contributed by atoms with Crippen molar-refractivity contribution < 1.29 is 18.0 Å². The highest BCUT2D eigenvalue weighted by molar-refractivity contribution is 7.92. The fourth-order valence-electron chi connectivity index (χ4n) is 4.29. The second-order valence-electron chi connectivity index (χ2n) is 9.53. The zero-order valence-electron chi connectivity index (χ0n) is 22.9. The van der Waals surface area contributed by atoms with Gasteiger partial charge in [0.25, 0.3) is 10.0 Å². The van der Waals surface area contributed by atoms with E-state index in [4.69, 9.17) is 11.6 Å². The molecule has 0 aliphatic rings. The van der Waals surface area contributed by atoms with Crippen LogP contribution in [0.3, 0.4) is 0 Å². The third kappa shape index (κ3) is 7.83. The molecule has 0 heterocycles. The van der Waals surface area contributed by atoms with Crippen LogP contribution in [0.1, 0.15) is 43.4 Å². The van der Waals surface area contributed by atoms with E-state index in [1.54, 1.807) is 30.3 Å². The smallest absolute Gasteiger partial charge is 0.264 e. The standard InChI is InChI=1S/C30H36ClN3O4S/c1-5-17-32-30(36)28(6-2)33(20-24-10-7-9-23(4)18-24)29(35)21-34(26-12-8-11-25(31)19-26)39(37,38)27-15-13-22(3)14-16-27/h7-16,18-19,28H,5-6,17,20-21H2,1-4H3,(H,32,36)/t28-/m1/s1. The molecule has 0 spiro atoms. The number of hydrogen-bond acceptors (Lipinski definition) is 4. The fraction of sp³-hybridized carbons (Fsp3) is 0.333. The van der Waals surface area contributed by atoms with Crippen LogP contribution in [0.2, 0.25) is 5.02 Å². The Bertz CT molecular complexity index is 1390. The van der Waals surface area contributed by atoms with Crippen LogP contribution in [0.5, 0.6) is 0 Å². The van der Waals surface area contributed by atoms with E-state index in [9.17, 15) is 18.0 Å². The largest absolute Gasteiger partial charge is 0.354 e. The number of rotatable bonds is 12. The molecule has 0 unspecified atom stereocenters. The lowest BCUT2D eigenvalue weighted by atomic mass is 10.1. The predicted octanol–water partition coefficient (Wildman–Crippen LogP) is 5.49. The summed E-state index contributed by atoms with van der Waals surface area (Å²) in [4.78, 5) is 28.7. The maximum Gasteiger partial charge on any atom is 0.264 e. The molecule has 3 aromatic carbocycles. The van der Waals surface area contributed by atoms with E-state index in [2.05, 4.69) is 5.32 Å². The zero-order valence-corrected chi connectivity index (χ0v) is 24.4. The summed E-state index contributed by atoms with van der Waals surface area (Å²) in [6.07, 6.45) is 1.13. The van der Waals surface area contributed by atoms with Gasteiger partial charge in [-0.3, -0.25) is 13.9 Å². The summed E-state index contributed by atoms with van der Waals surface area (Å²) in [6, 6.07) is 19.8. The molecule has 2 amide bonds. The van der Waals surface area contributed by atoms with Crippen LogP contribution in [0.4, 0.5) is 5.69 Å². The summed E-state index contributed by atoms with van der Waals surface area (Å²) in [5, 5.41) is 3.23. The molecule has 208 valence electrons. The van der Waals surface area contributed by atoms with Gasteiger partial charge in [-0.05, 0) is 62.6 Å². The highest BCUT2D eigenvalue weighted by Crippen LogP contribution is 2.27. The van der Waals surface area contributed by atoms with Gasteiger partial charge in [-0.2, -0.15) is 0 Å². The number of halogens is 1. The first-order valence-corrected chi connectivity index (χ1v) is 14.9. The zero-order chi connectivity index (χ0) is 28.6. The molecule has 0 saturated heterocycles. The van der Waals surface area contributed by atoms with E-state index in [1.165, 1.54) is 23.1 Å². The Labute approximate surface area is 236 Å². The van der Waals surface area contributed by atoms with Crippen LogP contribution in [-0.4, -0.2) is 44.3 Å². The van der Waals surface area contributed by atoms with Crippen molar-refractivity contribution in [2.45, 2.75) is 58.0 Å². The van der Waals surface area contributed by atoms with Crippen molar-refractivity contribution in [2.75, 3.05) is 17.4 Å². The van der Waals surface area contributed by atoms with Crippen LogP contribution in [0.15, 0.2) is 77.7 Å². The minimum atomic E-state index is -4.14. The second-order valence-corrected chi connectivity index (χ2v) is 11.8. The van der Waals surface area contributed by atoms with Crippen LogP contribution >= 0.6 is 11.6 Å². The van der Waals surface area contributed by atoms with Gasteiger partial charge >= 0.3 is 0 Å². The predicted molar refractivity (Wildman–Crippen MR) is 156 cm³/mol. The minimum absolute atomic E-state index is 0.0545. The van der Waals surface area contributed by atoms with Gasteiger partial charge in [0.15, 0.2) is 0 Å². The Hall–Kier alpha value is -3.36. The van der Waals surface area contributed by atoms with Gasteiger partial charge < -0.3 is 10.2 Å². The van der Waals surface area contributed by atoms with Gasteiger partial charge in [-0.25, -0.2) is 8.42 Å². The van der Waals surface area contributed by atoms with Gasteiger partial charge in [0.05, 0.1) is 10.6 Å². The van der Waals surface area contributed by atoms with Gasteiger partial charge in [0, 0.05) is 18.1 Å². The van der Waals surface area contributed by atoms with E-state index < -0.39 is 28.5 Å². The number of nitrogens with one attached hydrogen (secondary N) is 1. The normalized spacial score (nSPS) is 12.0. The van der Waals surface area contributed by atoms with Crippen molar-refractivity contribution in [1.29, 1.82) is 0 Å². The van der Waals surface area contributed by atoms with Crippen molar-refractivity contribution >= 4 is 39.1 Å².